The summed E-state index contributed by atoms with van der Waals surface area (Å²) in [6, 6.07) is 1.41. The summed E-state index contributed by atoms with van der Waals surface area (Å²) in [5.74, 6) is -3.38. The Morgan fingerprint density at radius 1 is 1.27 bits per heavy atom. The molecule has 216 valence electrons. The highest BCUT2D eigenvalue weighted by atomic mass is 35.5. The summed E-state index contributed by atoms with van der Waals surface area (Å²) in [5.41, 5.74) is -4.81. The van der Waals surface area contributed by atoms with Gasteiger partial charge in [0.15, 0.2) is 5.60 Å². The number of aliphatic hydroxyl groups is 2. The van der Waals surface area contributed by atoms with Crippen LogP contribution in [0.4, 0.5) is 17.6 Å². The van der Waals surface area contributed by atoms with Gasteiger partial charge in [-0.1, -0.05) is 18.5 Å². The van der Waals surface area contributed by atoms with Gasteiger partial charge >= 0.3 is 12.1 Å². The van der Waals surface area contributed by atoms with E-state index in [9.17, 15) is 42.2 Å². The van der Waals surface area contributed by atoms with Crippen LogP contribution < -0.4 is 10.9 Å². The quantitative estimate of drug-likeness (QED) is 0.245. The van der Waals surface area contributed by atoms with E-state index in [1.54, 1.807) is 6.92 Å². The van der Waals surface area contributed by atoms with Crippen molar-refractivity contribution >= 4 is 34.4 Å². The predicted octanol–water partition coefficient (Wildman–Crippen LogP) is 3.29. The van der Waals surface area contributed by atoms with E-state index in [2.05, 4.69) is 10.3 Å². The zero-order chi connectivity index (χ0) is 29.8. The van der Waals surface area contributed by atoms with Crippen molar-refractivity contribution in [2.24, 2.45) is 0 Å². The molecule has 6 rings (SSSR count). The van der Waals surface area contributed by atoms with E-state index in [4.69, 9.17) is 16.3 Å². The van der Waals surface area contributed by atoms with Gasteiger partial charge in [-0.2, -0.15) is 13.2 Å². The molecule has 3 aromatic rings. The second kappa shape index (κ2) is 8.73. The molecule has 41 heavy (non-hydrogen) atoms. The fourth-order valence-corrected chi connectivity index (χ4v) is 6.17. The number of aromatic nitrogens is 2. The first-order valence-corrected chi connectivity index (χ1v) is 13.1. The van der Waals surface area contributed by atoms with E-state index in [-0.39, 0.29) is 65.5 Å². The number of amides is 1. The highest BCUT2D eigenvalue weighted by molar-refractivity contribution is 6.32. The van der Waals surface area contributed by atoms with Crippen molar-refractivity contribution in [2.45, 2.75) is 69.7 Å². The van der Waals surface area contributed by atoms with Crippen molar-refractivity contribution in [3.05, 3.63) is 61.1 Å². The van der Waals surface area contributed by atoms with Crippen molar-refractivity contribution in [2.75, 3.05) is 0 Å². The molecular formula is C27H22ClF4N3O6. The lowest BCUT2D eigenvalue weighted by molar-refractivity contribution is -0.245. The van der Waals surface area contributed by atoms with Crippen LogP contribution in [0.15, 0.2) is 16.9 Å². The number of benzene rings is 1. The molecule has 3 N–H and O–H groups in total. The number of esters is 1. The summed E-state index contributed by atoms with van der Waals surface area (Å²) in [5, 5.41) is 23.5. The molecule has 2 aromatic heterocycles. The monoisotopic (exact) mass is 595 g/mol. The predicted molar refractivity (Wildman–Crippen MR) is 135 cm³/mol. The van der Waals surface area contributed by atoms with Gasteiger partial charge in [-0.15, -0.1) is 0 Å². The van der Waals surface area contributed by atoms with Crippen molar-refractivity contribution in [1.29, 1.82) is 0 Å². The topological polar surface area (TPSA) is 131 Å². The number of pyridine rings is 2. The standard InChI is InChI=1S/C27H22ClF4N3O6/c1-3-26(40)13-6-17-21-11(8-35(17)22(36)12(13)9-41-24(26)38)19-15(34-23(37)25(2,39)27(30,31)32)5-4-10-18(19)16(33-21)7-14(29)20(10)28/h6-7,15,39-40H,3-5,8-9H2,1-2H3,(H,34,37)/t15-,25-,26-/m0/s1. The highest BCUT2D eigenvalue weighted by Crippen LogP contribution is 2.47. The van der Waals surface area contributed by atoms with Gasteiger partial charge in [0.25, 0.3) is 11.5 Å². The second-order valence-corrected chi connectivity index (χ2v) is 11.0. The molecule has 0 radical (unpaired) electrons. The Morgan fingerprint density at radius 2 is 1.98 bits per heavy atom. The fourth-order valence-electron chi connectivity index (χ4n) is 5.93. The highest BCUT2D eigenvalue weighted by Gasteiger charge is 2.56. The summed E-state index contributed by atoms with van der Waals surface area (Å²) >= 11 is 6.27. The Hall–Kier alpha value is -3.55. The number of ether oxygens (including phenoxy) is 1. The molecule has 0 saturated heterocycles. The van der Waals surface area contributed by atoms with E-state index in [1.807, 2.05) is 0 Å². The van der Waals surface area contributed by atoms with Crippen LogP contribution in [0.25, 0.3) is 22.3 Å². The van der Waals surface area contributed by atoms with Gasteiger partial charge < -0.3 is 24.8 Å². The van der Waals surface area contributed by atoms with Crippen LogP contribution in [0.1, 0.15) is 60.5 Å². The number of nitrogens with zero attached hydrogens (tertiary/aromatic N) is 2. The molecule has 2 aliphatic heterocycles. The minimum Gasteiger partial charge on any atom is -0.458 e. The molecule has 1 aromatic carbocycles. The third-order valence-electron chi connectivity index (χ3n) is 8.34. The van der Waals surface area contributed by atoms with Gasteiger partial charge in [0, 0.05) is 22.6 Å². The van der Waals surface area contributed by atoms with Crippen molar-refractivity contribution < 1.29 is 42.1 Å². The number of hydrogen-bond acceptors (Lipinski definition) is 7. The van der Waals surface area contributed by atoms with E-state index < -0.39 is 46.7 Å². The van der Waals surface area contributed by atoms with Crippen molar-refractivity contribution in [3.63, 3.8) is 0 Å². The summed E-state index contributed by atoms with van der Waals surface area (Å²) < 4.78 is 61.5. The van der Waals surface area contributed by atoms with Gasteiger partial charge in [-0.25, -0.2) is 14.2 Å². The Kier molecular flexibility index (Phi) is 5.88. The summed E-state index contributed by atoms with van der Waals surface area (Å²) in [7, 11) is 0. The lowest BCUT2D eigenvalue weighted by atomic mass is 9.83. The van der Waals surface area contributed by atoms with Gasteiger partial charge in [0.1, 0.15) is 12.4 Å². The lowest BCUT2D eigenvalue weighted by Crippen LogP contribution is -2.55. The summed E-state index contributed by atoms with van der Waals surface area (Å²) in [6.45, 7) is 1.40. The van der Waals surface area contributed by atoms with Crippen LogP contribution in [-0.4, -0.2) is 43.4 Å². The number of rotatable bonds is 3. The Balaban J connectivity index is 1.60. The third kappa shape index (κ3) is 3.68. The minimum absolute atomic E-state index is 0.0150. The van der Waals surface area contributed by atoms with Crippen LogP contribution in [0.2, 0.25) is 5.02 Å². The van der Waals surface area contributed by atoms with E-state index in [0.717, 1.165) is 6.07 Å². The normalized spacial score (nSPS) is 22.5. The van der Waals surface area contributed by atoms with Crippen molar-refractivity contribution in [3.8, 4) is 11.4 Å². The largest absolute Gasteiger partial charge is 0.458 e. The zero-order valence-electron chi connectivity index (χ0n) is 21.6. The van der Waals surface area contributed by atoms with Crippen molar-refractivity contribution in [1.82, 2.24) is 14.9 Å². The average molecular weight is 596 g/mol. The molecule has 4 heterocycles. The maximum absolute atomic E-state index is 14.8. The van der Waals surface area contributed by atoms with Gasteiger partial charge in [-0.3, -0.25) is 9.59 Å². The maximum Gasteiger partial charge on any atom is 0.426 e. The number of hydrogen-bond donors (Lipinski definition) is 3. The smallest absolute Gasteiger partial charge is 0.426 e. The molecule has 14 heteroatoms. The molecule has 0 unspecified atom stereocenters. The van der Waals surface area contributed by atoms with Crippen LogP contribution in [-0.2, 0) is 39.5 Å². The number of fused-ring (bicyclic) bond motifs is 5. The maximum atomic E-state index is 14.8. The van der Waals surface area contributed by atoms with Crippen LogP contribution in [0, 0.1) is 5.82 Å². The summed E-state index contributed by atoms with van der Waals surface area (Å²) in [4.78, 5) is 43.3. The van der Waals surface area contributed by atoms with E-state index >= 15 is 0 Å². The van der Waals surface area contributed by atoms with Gasteiger partial charge in [0.05, 0.1) is 40.1 Å². The fraction of sp³-hybridized carbons (Fsp3) is 0.407. The number of cyclic esters (lactones) is 1. The third-order valence-corrected chi connectivity index (χ3v) is 8.75. The summed E-state index contributed by atoms with van der Waals surface area (Å²) in [6.07, 6.45) is -5.25. The molecule has 9 nitrogen and oxygen atoms in total. The first-order chi connectivity index (χ1) is 19.1. The molecule has 3 aliphatic rings. The molecule has 1 aliphatic carbocycles. The van der Waals surface area contributed by atoms with E-state index in [1.165, 1.54) is 10.6 Å². The Morgan fingerprint density at radius 3 is 2.63 bits per heavy atom. The van der Waals surface area contributed by atoms with Gasteiger partial charge in [-0.05, 0) is 43.4 Å². The molecule has 1 amide bonds. The molecule has 0 fully saturated rings. The number of aryl methyl sites for hydroxylation is 1. The van der Waals surface area contributed by atoms with Crippen LogP contribution >= 0.6 is 11.6 Å². The lowest BCUT2D eigenvalue weighted by Gasteiger charge is -2.32. The number of halogens is 5. The number of alkyl halides is 3. The van der Waals surface area contributed by atoms with Crippen LogP contribution in [0.5, 0.6) is 0 Å². The second-order valence-electron chi connectivity index (χ2n) is 10.6. The molecule has 3 atom stereocenters. The first kappa shape index (κ1) is 27.6. The minimum atomic E-state index is -5.26. The molecule has 0 saturated carbocycles. The SMILES string of the molecule is CC[C@@]1(O)C(=O)OCc2c1cc1n(c2=O)Cc2c-1nc1cc(F)c(Cl)c3c1c2[C@@H](NC(=O)[C@](C)(O)C(F)(F)F)CC3. The number of carbonyl (C=O) groups excluding carboxylic acids is 2. The van der Waals surface area contributed by atoms with E-state index in [0.29, 0.717) is 29.0 Å². The molecule has 0 bridgehead atoms. The Labute approximate surface area is 233 Å². The number of nitrogens with one attached hydrogen (secondary N) is 1. The molecule has 0 spiro atoms. The molecular weight excluding hydrogens is 574 g/mol. The Bertz CT molecular complexity index is 1770. The van der Waals surface area contributed by atoms with Gasteiger partial charge in [0.2, 0.25) is 5.60 Å². The average Bonchev–Trinajstić information content (AvgIpc) is 3.28. The first-order valence-electron chi connectivity index (χ1n) is 12.7. The number of carbonyl (C=O) groups is 2. The van der Waals surface area contributed by atoms with Crippen LogP contribution in [0.3, 0.4) is 0 Å². The zero-order valence-corrected chi connectivity index (χ0v) is 22.3.